The number of hydrogen-bond acceptors (Lipinski definition) is 5. The molecule has 78 valence electrons. The number of nitrogen functional groups attached to an aromatic ring is 1. The first-order chi connectivity index (χ1) is 6.79. The Morgan fingerprint density at radius 1 is 1.64 bits per heavy atom. The number of carbonyl (C=O) groups is 1. The third-order valence-corrected chi connectivity index (χ3v) is 2.61. The van der Waals surface area contributed by atoms with Gasteiger partial charge in [0.1, 0.15) is 5.76 Å². The molecule has 1 amide bonds. The van der Waals surface area contributed by atoms with Crippen LogP contribution in [0.15, 0.2) is 16.7 Å². The molecule has 1 heterocycles. The van der Waals surface area contributed by atoms with Crippen LogP contribution in [0, 0.1) is 0 Å². The van der Waals surface area contributed by atoms with Gasteiger partial charge in [0.2, 0.25) is 0 Å². The van der Waals surface area contributed by atoms with Gasteiger partial charge >= 0.3 is 0 Å². The molecule has 0 spiro atoms. The molecule has 0 aromatic carbocycles. The number of nitrogens with one attached hydrogen (secondary N) is 1. The second-order valence-electron chi connectivity index (χ2n) is 2.57. The largest absolute Gasteiger partial charge is 0.468 e. The van der Waals surface area contributed by atoms with Gasteiger partial charge in [-0.25, -0.2) is 5.84 Å². The quantitative estimate of drug-likeness (QED) is 0.280. The van der Waals surface area contributed by atoms with E-state index in [9.17, 15) is 4.79 Å². The highest BCUT2D eigenvalue weighted by Crippen LogP contribution is 2.17. The van der Waals surface area contributed by atoms with Gasteiger partial charge in [-0.3, -0.25) is 10.2 Å². The van der Waals surface area contributed by atoms with E-state index in [0.29, 0.717) is 23.6 Å². The fourth-order valence-electron chi connectivity index (χ4n) is 0.981. The van der Waals surface area contributed by atoms with Crippen LogP contribution in [0.3, 0.4) is 0 Å². The summed E-state index contributed by atoms with van der Waals surface area (Å²) in [5.41, 5.74) is 7.89. The van der Waals surface area contributed by atoms with Crippen molar-refractivity contribution in [2.24, 2.45) is 11.6 Å². The normalized spacial score (nSPS) is 10.1. The Labute approximate surface area is 86.2 Å². The van der Waals surface area contributed by atoms with E-state index in [2.05, 4.69) is 5.43 Å². The smallest absolute Gasteiger partial charge is 0.268 e. The number of carbonyl (C=O) groups excluding carboxylic acids is 1. The highest BCUT2D eigenvalue weighted by atomic mass is 32.2. The Morgan fingerprint density at radius 3 is 3.07 bits per heavy atom. The summed E-state index contributed by atoms with van der Waals surface area (Å²) in [6, 6.07) is 1.60. The van der Waals surface area contributed by atoms with Crippen molar-refractivity contribution >= 4 is 17.7 Å². The van der Waals surface area contributed by atoms with Gasteiger partial charge in [-0.15, -0.1) is 0 Å². The van der Waals surface area contributed by atoms with Crippen LogP contribution in [-0.2, 0) is 5.75 Å². The van der Waals surface area contributed by atoms with Crippen LogP contribution in [0.25, 0.3) is 0 Å². The first-order valence-electron chi connectivity index (χ1n) is 4.14. The number of rotatable bonds is 5. The summed E-state index contributed by atoms with van der Waals surface area (Å²) in [6.07, 6.45) is 1.48. The minimum Gasteiger partial charge on any atom is -0.468 e. The maximum Gasteiger partial charge on any atom is 0.268 e. The van der Waals surface area contributed by atoms with E-state index < -0.39 is 0 Å². The SMILES string of the molecule is NCCSCc1occc1C(=O)NN. The van der Waals surface area contributed by atoms with Crippen molar-refractivity contribution in [2.75, 3.05) is 12.3 Å². The number of amides is 1. The predicted octanol–water partition coefficient (Wildman–Crippen LogP) is 0.0750. The fraction of sp³-hybridized carbons (Fsp3) is 0.375. The molecule has 6 heteroatoms. The minimum absolute atomic E-state index is 0.331. The zero-order valence-corrected chi connectivity index (χ0v) is 8.47. The molecular formula is C8H13N3O2S. The molecule has 0 unspecified atom stereocenters. The van der Waals surface area contributed by atoms with Crippen molar-refractivity contribution in [3.63, 3.8) is 0 Å². The zero-order valence-electron chi connectivity index (χ0n) is 7.66. The van der Waals surface area contributed by atoms with E-state index >= 15 is 0 Å². The van der Waals surface area contributed by atoms with Crippen LogP contribution >= 0.6 is 11.8 Å². The van der Waals surface area contributed by atoms with Gasteiger partial charge in [0.15, 0.2) is 0 Å². The maximum absolute atomic E-state index is 11.2. The van der Waals surface area contributed by atoms with E-state index in [0.717, 1.165) is 5.75 Å². The molecule has 0 bridgehead atoms. The summed E-state index contributed by atoms with van der Waals surface area (Å²) in [4.78, 5) is 11.2. The highest BCUT2D eigenvalue weighted by Gasteiger charge is 2.12. The first-order valence-corrected chi connectivity index (χ1v) is 5.30. The van der Waals surface area contributed by atoms with Crippen LogP contribution in [0.2, 0.25) is 0 Å². The minimum atomic E-state index is -0.331. The van der Waals surface area contributed by atoms with Crippen LogP contribution in [-0.4, -0.2) is 18.2 Å². The van der Waals surface area contributed by atoms with Crippen LogP contribution in [0.1, 0.15) is 16.1 Å². The third-order valence-electron chi connectivity index (χ3n) is 1.62. The average molecular weight is 215 g/mol. The van der Waals surface area contributed by atoms with Crippen molar-refractivity contribution in [1.29, 1.82) is 0 Å². The lowest BCUT2D eigenvalue weighted by Gasteiger charge is -2.00. The third kappa shape index (κ3) is 2.76. The molecule has 0 saturated carbocycles. The molecule has 0 aliphatic rings. The molecule has 1 aromatic heterocycles. The molecule has 5 N–H and O–H groups in total. The summed E-state index contributed by atoms with van der Waals surface area (Å²) in [7, 11) is 0. The van der Waals surface area contributed by atoms with E-state index in [-0.39, 0.29) is 5.91 Å². The van der Waals surface area contributed by atoms with Gasteiger partial charge in [-0.2, -0.15) is 11.8 Å². The number of hydrazine groups is 1. The van der Waals surface area contributed by atoms with E-state index in [1.54, 1.807) is 17.8 Å². The number of furan rings is 1. The number of hydrogen-bond donors (Lipinski definition) is 3. The monoisotopic (exact) mass is 215 g/mol. The summed E-state index contributed by atoms with van der Waals surface area (Å²) in [5.74, 6) is 6.79. The van der Waals surface area contributed by atoms with E-state index in [1.165, 1.54) is 6.26 Å². The molecular weight excluding hydrogens is 202 g/mol. The summed E-state index contributed by atoms with van der Waals surface area (Å²) >= 11 is 1.61. The van der Waals surface area contributed by atoms with Gasteiger partial charge in [-0.1, -0.05) is 0 Å². The summed E-state index contributed by atoms with van der Waals surface area (Å²) < 4.78 is 5.16. The van der Waals surface area contributed by atoms with Gasteiger partial charge in [0, 0.05) is 12.3 Å². The number of thioether (sulfide) groups is 1. The summed E-state index contributed by atoms with van der Waals surface area (Å²) in [5, 5.41) is 0. The Bertz CT molecular complexity index is 301. The Hall–Kier alpha value is -0.980. The highest BCUT2D eigenvalue weighted by molar-refractivity contribution is 7.98. The predicted molar refractivity (Wildman–Crippen MR) is 55.6 cm³/mol. The van der Waals surface area contributed by atoms with Gasteiger partial charge in [0.25, 0.3) is 5.91 Å². The van der Waals surface area contributed by atoms with Crippen molar-refractivity contribution in [1.82, 2.24) is 5.43 Å². The van der Waals surface area contributed by atoms with Gasteiger partial charge in [0.05, 0.1) is 17.6 Å². The van der Waals surface area contributed by atoms with Crippen LogP contribution in [0.5, 0.6) is 0 Å². The topological polar surface area (TPSA) is 94.3 Å². The second kappa shape index (κ2) is 5.69. The van der Waals surface area contributed by atoms with Crippen LogP contribution in [0.4, 0.5) is 0 Å². The summed E-state index contributed by atoms with van der Waals surface area (Å²) in [6.45, 7) is 0.615. The Morgan fingerprint density at radius 2 is 2.43 bits per heavy atom. The molecule has 0 aliphatic heterocycles. The van der Waals surface area contributed by atoms with Crippen LogP contribution < -0.4 is 17.0 Å². The molecule has 14 heavy (non-hydrogen) atoms. The Balaban J connectivity index is 2.58. The lowest BCUT2D eigenvalue weighted by Crippen LogP contribution is -2.30. The lowest BCUT2D eigenvalue weighted by molar-refractivity contribution is 0.0952. The second-order valence-corrected chi connectivity index (χ2v) is 3.68. The van der Waals surface area contributed by atoms with Gasteiger partial charge < -0.3 is 10.2 Å². The van der Waals surface area contributed by atoms with Crippen molar-refractivity contribution in [3.8, 4) is 0 Å². The average Bonchev–Trinajstić information content (AvgIpc) is 2.65. The maximum atomic E-state index is 11.2. The first kappa shape index (κ1) is 11.1. The lowest BCUT2D eigenvalue weighted by atomic mass is 10.2. The standard InChI is InChI=1S/C8H13N3O2S/c9-2-4-14-5-7-6(1-3-13-7)8(12)11-10/h1,3H,2,4-5,9-10H2,(H,11,12). The zero-order chi connectivity index (χ0) is 10.4. The molecule has 1 rings (SSSR count). The van der Waals surface area contributed by atoms with Gasteiger partial charge in [-0.05, 0) is 6.07 Å². The van der Waals surface area contributed by atoms with E-state index in [4.69, 9.17) is 16.0 Å². The molecule has 0 aliphatic carbocycles. The van der Waals surface area contributed by atoms with E-state index in [1.807, 2.05) is 0 Å². The Kier molecular flexibility index (Phi) is 4.51. The van der Waals surface area contributed by atoms with Crippen molar-refractivity contribution < 1.29 is 9.21 Å². The molecule has 5 nitrogen and oxygen atoms in total. The fourth-order valence-corrected chi connectivity index (χ4v) is 1.70. The molecule has 1 aromatic rings. The molecule has 0 radical (unpaired) electrons. The molecule has 0 saturated heterocycles. The molecule has 0 atom stereocenters. The molecule has 0 fully saturated rings. The van der Waals surface area contributed by atoms with Crippen molar-refractivity contribution in [3.05, 3.63) is 23.7 Å². The van der Waals surface area contributed by atoms with Crippen molar-refractivity contribution in [2.45, 2.75) is 5.75 Å². The number of nitrogens with two attached hydrogens (primary N) is 2.